The van der Waals surface area contributed by atoms with Gasteiger partial charge in [0, 0.05) is 12.1 Å². The van der Waals surface area contributed by atoms with Crippen LogP contribution in [0.1, 0.15) is 19.8 Å². The molecule has 0 radical (unpaired) electrons. The average molecular weight is 111 g/mol. The van der Waals surface area contributed by atoms with E-state index in [0.717, 1.165) is 18.0 Å². The second kappa shape index (κ2) is 1.27. The Labute approximate surface area is 50.7 Å². The minimum absolute atomic E-state index is 0.958. The second-order valence-electron chi connectivity index (χ2n) is 3.34. The Balaban J connectivity index is 2.13. The molecule has 3 aliphatic rings. The summed E-state index contributed by atoms with van der Waals surface area (Å²) in [5.74, 6) is 0.991. The van der Waals surface area contributed by atoms with Crippen LogP contribution in [0, 0.1) is 5.92 Å². The van der Waals surface area contributed by atoms with Gasteiger partial charge < -0.3 is 4.90 Å². The van der Waals surface area contributed by atoms with Gasteiger partial charge in [0.15, 0.2) is 0 Å². The van der Waals surface area contributed by atoms with Crippen LogP contribution in [0.2, 0.25) is 0 Å². The Morgan fingerprint density at radius 1 is 1.38 bits per heavy atom. The first-order valence-corrected chi connectivity index (χ1v) is 3.51. The van der Waals surface area contributed by atoms with Crippen molar-refractivity contribution in [3.63, 3.8) is 0 Å². The summed E-state index contributed by atoms with van der Waals surface area (Å²) >= 11 is 0. The van der Waals surface area contributed by atoms with Crippen molar-refractivity contribution in [2.75, 3.05) is 7.05 Å². The number of rotatable bonds is 0. The van der Waals surface area contributed by atoms with Crippen LogP contribution in [0.3, 0.4) is 0 Å². The fourth-order valence-electron chi connectivity index (χ4n) is 2.23. The SMILES string of the molecule is C[C@@H]1CC2CC1N2C. The molecule has 0 spiro atoms. The van der Waals surface area contributed by atoms with E-state index in [1.807, 2.05) is 0 Å². The van der Waals surface area contributed by atoms with E-state index in [1.165, 1.54) is 12.8 Å². The van der Waals surface area contributed by atoms with Crippen LogP contribution in [0.4, 0.5) is 0 Å². The van der Waals surface area contributed by atoms with Gasteiger partial charge in [-0.05, 0) is 25.8 Å². The summed E-state index contributed by atoms with van der Waals surface area (Å²) in [4.78, 5) is 2.52. The Kier molecular flexibility index (Phi) is 0.762. The van der Waals surface area contributed by atoms with Crippen molar-refractivity contribution >= 4 is 0 Å². The monoisotopic (exact) mass is 111 g/mol. The highest BCUT2D eigenvalue weighted by atomic mass is 15.3. The lowest BCUT2D eigenvalue weighted by atomic mass is 10.0. The summed E-state index contributed by atoms with van der Waals surface area (Å²) in [6.45, 7) is 2.37. The maximum Gasteiger partial charge on any atom is 0.0136 e. The zero-order valence-corrected chi connectivity index (χ0v) is 5.59. The van der Waals surface area contributed by atoms with Crippen LogP contribution in [0.5, 0.6) is 0 Å². The van der Waals surface area contributed by atoms with Gasteiger partial charge >= 0.3 is 0 Å². The van der Waals surface area contributed by atoms with Gasteiger partial charge in [0.25, 0.3) is 0 Å². The Morgan fingerprint density at radius 3 is 2.25 bits per heavy atom. The van der Waals surface area contributed by atoms with Crippen LogP contribution < -0.4 is 0 Å². The Bertz CT molecular complexity index is 107. The molecule has 1 nitrogen and oxygen atoms in total. The predicted octanol–water partition coefficient (Wildman–Crippen LogP) is 1.10. The molecule has 0 aromatic heterocycles. The van der Waals surface area contributed by atoms with Crippen molar-refractivity contribution in [2.45, 2.75) is 31.8 Å². The average Bonchev–Trinajstić information content (AvgIpc) is 2.19. The second-order valence-corrected chi connectivity index (χ2v) is 3.34. The van der Waals surface area contributed by atoms with Crippen LogP contribution in [0.15, 0.2) is 0 Å². The lowest BCUT2D eigenvalue weighted by molar-refractivity contribution is 0.103. The van der Waals surface area contributed by atoms with E-state index in [9.17, 15) is 0 Å². The van der Waals surface area contributed by atoms with E-state index in [-0.39, 0.29) is 0 Å². The van der Waals surface area contributed by atoms with Crippen LogP contribution in [-0.4, -0.2) is 24.0 Å². The number of hydrogen-bond donors (Lipinski definition) is 0. The molecule has 2 saturated heterocycles. The molecule has 0 aromatic carbocycles. The van der Waals surface area contributed by atoms with Crippen molar-refractivity contribution < 1.29 is 0 Å². The first kappa shape index (κ1) is 4.80. The largest absolute Gasteiger partial charge is 0.300 e. The van der Waals surface area contributed by atoms with E-state index in [4.69, 9.17) is 0 Å². The highest BCUT2D eigenvalue weighted by molar-refractivity contribution is 5.01. The van der Waals surface area contributed by atoms with Gasteiger partial charge in [-0.2, -0.15) is 0 Å². The van der Waals surface area contributed by atoms with Crippen molar-refractivity contribution in [1.82, 2.24) is 4.90 Å². The molecular weight excluding hydrogens is 98.1 g/mol. The zero-order chi connectivity index (χ0) is 5.72. The van der Waals surface area contributed by atoms with Crippen molar-refractivity contribution in [1.29, 1.82) is 0 Å². The molecule has 1 heteroatoms. The maximum absolute atomic E-state index is 2.52. The van der Waals surface area contributed by atoms with Crippen molar-refractivity contribution in [3.8, 4) is 0 Å². The molecule has 2 bridgehead atoms. The standard InChI is InChI=1S/C7H13N/c1-5-3-6-4-7(5)8(6)2/h5-7H,3-4H2,1-2H3/t5-,6?,7?/m1/s1. The highest BCUT2D eigenvalue weighted by Crippen LogP contribution is 2.42. The fraction of sp³-hybridized carbons (Fsp3) is 1.00. The molecule has 3 fully saturated rings. The lowest BCUT2D eigenvalue weighted by Gasteiger charge is -2.37. The quantitative estimate of drug-likeness (QED) is 0.452. The number of fused-ring (bicyclic) bond motifs is 1. The number of nitrogens with zero attached hydrogens (tertiary/aromatic N) is 1. The van der Waals surface area contributed by atoms with E-state index >= 15 is 0 Å². The van der Waals surface area contributed by atoms with E-state index in [1.54, 1.807) is 0 Å². The Hall–Kier alpha value is -0.0400. The molecule has 2 aliphatic heterocycles. The third kappa shape index (κ3) is 0.368. The van der Waals surface area contributed by atoms with Crippen molar-refractivity contribution in [3.05, 3.63) is 0 Å². The molecule has 46 valence electrons. The summed E-state index contributed by atoms with van der Waals surface area (Å²) in [7, 11) is 2.25. The molecule has 1 aliphatic carbocycles. The number of hydrogen-bond acceptors (Lipinski definition) is 1. The molecule has 3 rings (SSSR count). The van der Waals surface area contributed by atoms with E-state index < -0.39 is 0 Å². The summed E-state index contributed by atoms with van der Waals surface area (Å²) in [6.07, 6.45) is 2.94. The molecule has 3 atom stereocenters. The highest BCUT2D eigenvalue weighted by Gasteiger charge is 2.46. The third-order valence-electron chi connectivity index (χ3n) is 2.91. The van der Waals surface area contributed by atoms with E-state index in [2.05, 4.69) is 18.9 Å². The van der Waals surface area contributed by atoms with Crippen molar-refractivity contribution in [2.24, 2.45) is 5.92 Å². The summed E-state index contributed by atoms with van der Waals surface area (Å²) < 4.78 is 0. The first-order valence-electron chi connectivity index (χ1n) is 3.51. The summed E-state index contributed by atoms with van der Waals surface area (Å²) in [5, 5.41) is 0. The summed E-state index contributed by atoms with van der Waals surface area (Å²) in [5.41, 5.74) is 0. The van der Waals surface area contributed by atoms with Crippen LogP contribution >= 0.6 is 0 Å². The smallest absolute Gasteiger partial charge is 0.0136 e. The normalized spacial score (nSPS) is 54.0. The minimum Gasteiger partial charge on any atom is -0.300 e. The molecule has 0 aromatic rings. The molecular formula is C7H13N. The topological polar surface area (TPSA) is 3.24 Å². The molecule has 2 heterocycles. The fourth-order valence-corrected chi connectivity index (χ4v) is 2.23. The predicted molar refractivity (Wildman–Crippen MR) is 33.7 cm³/mol. The molecule has 8 heavy (non-hydrogen) atoms. The van der Waals surface area contributed by atoms with Gasteiger partial charge in [-0.25, -0.2) is 0 Å². The minimum atomic E-state index is 0.958. The van der Waals surface area contributed by atoms with Gasteiger partial charge in [-0.1, -0.05) is 6.92 Å². The first-order chi connectivity index (χ1) is 3.79. The van der Waals surface area contributed by atoms with Crippen LogP contribution in [0.25, 0.3) is 0 Å². The molecule has 1 saturated carbocycles. The molecule has 0 amide bonds. The van der Waals surface area contributed by atoms with Gasteiger partial charge in [-0.3, -0.25) is 0 Å². The third-order valence-corrected chi connectivity index (χ3v) is 2.91. The Morgan fingerprint density at radius 2 is 2.12 bits per heavy atom. The molecule has 2 unspecified atom stereocenters. The van der Waals surface area contributed by atoms with E-state index in [0.29, 0.717) is 0 Å². The van der Waals surface area contributed by atoms with Gasteiger partial charge in [0.2, 0.25) is 0 Å². The van der Waals surface area contributed by atoms with Gasteiger partial charge in [0.1, 0.15) is 0 Å². The molecule has 0 N–H and O–H groups in total. The van der Waals surface area contributed by atoms with Crippen LogP contribution in [-0.2, 0) is 0 Å². The lowest BCUT2D eigenvalue weighted by Crippen LogP contribution is -2.46. The zero-order valence-electron chi connectivity index (χ0n) is 5.59. The maximum atomic E-state index is 2.52. The van der Waals surface area contributed by atoms with Gasteiger partial charge in [0.05, 0.1) is 0 Å². The summed E-state index contributed by atoms with van der Waals surface area (Å²) in [6, 6.07) is 1.93. The van der Waals surface area contributed by atoms with Gasteiger partial charge in [-0.15, -0.1) is 0 Å².